The van der Waals surface area contributed by atoms with Crippen LogP contribution in [0.5, 0.6) is 0 Å². The number of aromatic nitrogens is 1. The molecule has 84 valence electrons. The zero-order chi connectivity index (χ0) is 11.7. The van der Waals surface area contributed by atoms with Crippen LogP contribution in [0.25, 0.3) is 6.08 Å². The highest BCUT2D eigenvalue weighted by Crippen LogP contribution is 2.33. The van der Waals surface area contributed by atoms with Gasteiger partial charge in [0, 0.05) is 18.9 Å². The largest absolute Gasteiger partial charge is 0.362 e. The van der Waals surface area contributed by atoms with Crippen molar-refractivity contribution in [2.24, 2.45) is 0 Å². The molecule has 0 aliphatic carbocycles. The number of hydrogen-bond acceptors (Lipinski definition) is 2. The van der Waals surface area contributed by atoms with E-state index in [0.29, 0.717) is 0 Å². The molecule has 0 fully saturated rings. The number of hydrogen-bond donors (Lipinski definition) is 0. The third kappa shape index (κ3) is 1.72. The number of para-hydroxylation sites is 1. The van der Waals surface area contributed by atoms with Gasteiger partial charge in [-0.1, -0.05) is 36.4 Å². The molecule has 0 saturated heterocycles. The molecule has 0 spiro atoms. The van der Waals surface area contributed by atoms with Crippen LogP contribution in [0.2, 0.25) is 0 Å². The first-order valence-corrected chi connectivity index (χ1v) is 5.77. The van der Waals surface area contributed by atoms with Crippen LogP contribution >= 0.6 is 0 Å². The van der Waals surface area contributed by atoms with Gasteiger partial charge in [0.25, 0.3) is 0 Å². The third-order valence-electron chi connectivity index (χ3n) is 3.18. The molecule has 1 aliphatic rings. The van der Waals surface area contributed by atoms with Crippen LogP contribution in [0, 0.1) is 0 Å². The smallest absolute Gasteiger partial charge is 0.0897 e. The predicted octanol–water partition coefficient (Wildman–Crippen LogP) is 3.29. The number of rotatable bonds is 1. The summed E-state index contributed by atoms with van der Waals surface area (Å²) in [5.41, 5.74) is 3.61. The van der Waals surface area contributed by atoms with Crippen LogP contribution in [0.4, 0.5) is 5.69 Å². The Morgan fingerprint density at radius 2 is 1.88 bits per heavy atom. The molecular formula is C15H14N2. The standard InChI is InChI=1S/C15H14N2/c1-17-14-8-3-2-6-12(14)9-10-15(17)13-7-4-5-11-16-13/h2-11,15H,1H3. The van der Waals surface area contributed by atoms with Crippen LogP contribution < -0.4 is 4.90 Å². The molecule has 1 atom stereocenters. The minimum Gasteiger partial charge on any atom is -0.362 e. The summed E-state index contributed by atoms with van der Waals surface area (Å²) in [5, 5.41) is 0. The van der Waals surface area contributed by atoms with E-state index in [1.165, 1.54) is 11.3 Å². The second kappa shape index (κ2) is 4.06. The van der Waals surface area contributed by atoms with Gasteiger partial charge in [-0.05, 0) is 23.8 Å². The molecule has 0 amide bonds. The first-order chi connectivity index (χ1) is 8.36. The third-order valence-corrected chi connectivity index (χ3v) is 3.18. The second-order valence-electron chi connectivity index (χ2n) is 4.23. The average Bonchev–Trinajstić information content (AvgIpc) is 2.40. The Bertz CT molecular complexity index is 546. The molecular weight excluding hydrogens is 208 g/mol. The Morgan fingerprint density at radius 1 is 1.06 bits per heavy atom. The number of nitrogens with zero attached hydrogens (tertiary/aromatic N) is 2. The lowest BCUT2D eigenvalue weighted by atomic mass is 10.0. The highest BCUT2D eigenvalue weighted by Gasteiger charge is 2.20. The lowest BCUT2D eigenvalue weighted by Crippen LogP contribution is -2.25. The van der Waals surface area contributed by atoms with E-state index in [1.54, 1.807) is 0 Å². The van der Waals surface area contributed by atoms with Crippen molar-refractivity contribution in [2.75, 3.05) is 11.9 Å². The van der Waals surface area contributed by atoms with Crippen molar-refractivity contribution in [3.8, 4) is 0 Å². The summed E-state index contributed by atoms with van der Waals surface area (Å²) in [6, 6.07) is 14.7. The van der Waals surface area contributed by atoms with Gasteiger partial charge < -0.3 is 4.90 Å². The maximum absolute atomic E-state index is 4.43. The Morgan fingerprint density at radius 3 is 2.71 bits per heavy atom. The van der Waals surface area contributed by atoms with E-state index in [2.05, 4.69) is 59.4 Å². The molecule has 1 aromatic carbocycles. The lowest BCUT2D eigenvalue weighted by molar-refractivity contribution is 0.775. The van der Waals surface area contributed by atoms with E-state index in [0.717, 1.165) is 5.69 Å². The first-order valence-electron chi connectivity index (χ1n) is 5.77. The zero-order valence-corrected chi connectivity index (χ0v) is 9.75. The molecule has 2 heteroatoms. The normalized spacial score (nSPS) is 17.9. The minimum atomic E-state index is 0.228. The number of benzene rings is 1. The monoisotopic (exact) mass is 222 g/mol. The zero-order valence-electron chi connectivity index (χ0n) is 9.75. The summed E-state index contributed by atoms with van der Waals surface area (Å²) in [6.45, 7) is 0. The maximum atomic E-state index is 4.43. The highest BCUT2D eigenvalue weighted by molar-refractivity contribution is 5.72. The molecule has 0 saturated carbocycles. The molecule has 2 heterocycles. The Hall–Kier alpha value is -2.09. The summed E-state index contributed by atoms with van der Waals surface area (Å²) >= 11 is 0. The van der Waals surface area contributed by atoms with Crippen LogP contribution in [0.15, 0.2) is 54.7 Å². The van der Waals surface area contributed by atoms with E-state index in [-0.39, 0.29) is 6.04 Å². The summed E-state index contributed by atoms with van der Waals surface area (Å²) < 4.78 is 0. The highest BCUT2D eigenvalue weighted by atomic mass is 15.1. The first kappa shape index (κ1) is 10.1. The SMILES string of the molecule is CN1c2ccccc2C=CC1c1ccccn1. The average molecular weight is 222 g/mol. The van der Waals surface area contributed by atoms with E-state index in [9.17, 15) is 0 Å². The van der Waals surface area contributed by atoms with Crippen molar-refractivity contribution in [3.05, 3.63) is 66.0 Å². The minimum absolute atomic E-state index is 0.228. The quantitative estimate of drug-likeness (QED) is 0.736. The molecule has 0 bridgehead atoms. The summed E-state index contributed by atoms with van der Waals surface area (Å²) in [7, 11) is 2.11. The molecule has 1 aromatic heterocycles. The maximum Gasteiger partial charge on any atom is 0.0897 e. The summed E-state index contributed by atoms with van der Waals surface area (Å²) in [4.78, 5) is 6.69. The lowest BCUT2D eigenvalue weighted by Gasteiger charge is -2.31. The van der Waals surface area contributed by atoms with Gasteiger partial charge in [-0.15, -0.1) is 0 Å². The van der Waals surface area contributed by atoms with Crippen LogP contribution in [0.1, 0.15) is 17.3 Å². The Balaban J connectivity index is 2.03. The van der Waals surface area contributed by atoms with Crippen molar-refractivity contribution in [1.29, 1.82) is 0 Å². The molecule has 1 aliphatic heterocycles. The number of anilines is 1. The van der Waals surface area contributed by atoms with E-state index in [1.807, 2.05) is 18.3 Å². The van der Waals surface area contributed by atoms with Crippen LogP contribution in [-0.4, -0.2) is 12.0 Å². The Kier molecular flexibility index (Phi) is 2.41. The van der Waals surface area contributed by atoms with Gasteiger partial charge in [-0.3, -0.25) is 4.98 Å². The van der Waals surface area contributed by atoms with E-state index in [4.69, 9.17) is 0 Å². The molecule has 3 rings (SSSR count). The van der Waals surface area contributed by atoms with Gasteiger partial charge in [-0.2, -0.15) is 0 Å². The fraction of sp³-hybridized carbons (Fsp3) is 0.133. The summed E-state index contributed by atoms with van der Waals surface area (Å²) in [5.74, 6) is 0. The molecule has 17 heavy (non-hydrogen) atoms. The van der Waals surface area contributed by atoms with Crippen molar-refractivity contribution in [3.63, 3.8) is 0 Å². The van der Waals surface area contributed by atoms with E-state index < -0.39 is 0 Å². The van der Waals surface area contributed by atoms with Crippen molar-refractivity contribution < 1.29 is 0 Å². The Labute approximate surface area is 101 Å². The predicted molar refractivity (Wildman–Crippen MR) is 70.9 cm³/mol. The molecule has 0 N–H and O–H groups in total. The van der Waals surface area contributed by atoms with Crippen molar-refractivity contribution in [1.82, 2.24) is 4.98 Å². The van der Waals surface area contributed by atoms with Crippen molar-refractivity contribution in [2.45, 2.75) is 6.04 Å². The van der Waals surface area contributed by atoms with Gasteiger partial charge >= 0.3 is 0 Å². The van der Waals surface area contributed by atoms with Gasteiger partial charge in [0.2, 0.25) is 0 Å². The molecule has 0 radical (unpaired) electrons. The van der Waals surface area contributed by atoms with E-state index >= 15 is 0 Å². The topological polar surface area (TPSA) is 16.1 Å². The number of pyridine rings is 1. The van der Waals surface area contributed by atoms with Crippen LogP contribution in [0.3, 0.4) is 0 Å². The van der Waals surface area contributed by atoms with Crippen molar-refractivity contribution >= 4 is 11.8 Å². The second-order valence-corrected chi connectivity index (χ2v) is 4.23. The number of fused-ring (bicyclic) bond motifs is 1. The van der Waals surface area contributed by atoms with Crippen LogP contribution in [-0.2, 0) is 0 Å². The fourth-order valence-corrected chi connectivity index (χ4v) is 2.27. The number of likely N-dealkylation sites (N-methyl/N-ethyl adjacent to an activating group) is 1. The van der Waals surface area contributed by atoms with Gasteiger partial charge in [0.05, 0.1) is 11.7 Å². The molecule has 1 unspecified atom stereocenters. The van der Waals surface area contributed by atoms with Gasteiger partial charge in [0.1, 0.15) is 0 Å². The fourth-order valence-electron chi connectivity index (χ4n) is 2.27. The molecule has 2 nitrogen and oxygen atoms in total. The van der Waals surface area contributed by atoms with Gasteiger partial charge in [0.15, 0.2) is 0 Å². The van der Waals surface area contributed by atoms with Gasteiger partial charge in [-0.25, -0.2) is 0 Å². The summed E-state index contributed by atoms with van der Waals surface area (Å²) in [6.07, 6.45) is 6.22. The molecule has 2 aromatic rings.